The zero-order valence-electron chi connectivity index (χ0n) is 11.4. The Morgan fingerprint density at radius 2 is 2.25 bits per heavy atom. The smallest absolute Gasteiger partial charge is 0.315 e. The number of thioether (sulfide) groups is 1. The number of hydrogen-bond acceptors (Lipinski definition) is 3. The second kappa shape index (κ2) is 6.50. The summed E-state index contributed by atoms with van der Waals surface area (Å²) in [6.07, 6.45) is 2.03. The van der Waals surface area contributed by atoms with E-state index in [9.17, 15) is 4.79 Å². The van der Waals surface area contributed by atoms with Crippen LogP contribution in [0.3, 0.4) is 0 Å². The molecule has 3 rings (SSSR count). The molecule has 0 aliphatic carbocycles. The lowest BCUT2D eigenvalue weighted by Gasteiger charge is -2.26. The third-order valence-electron chi connectivity index (χ3n) is 3.84. The summed E-state index contributed by atoms with van der Waals surface area (Å²) in [4.78, 5) is 13.3. The van der Waals surface area contributed by atoms with Gasteiger partial charge in [-0.2, -0.15) is 0 Å². The molecular formula is C15H20N2O2S. The third-order valence-corrected chi connectivity index (χ3v) is 4.96. The van der Waals surface area contributed by atoms with E-state index in [-0.39, 0.29) is 12.1 Å². The van der Waals surface area contributed by atoms with Crippen LogP contribution in [0.15, 0.2) is 29.2 Å². The third kappa shape index (κ3) is 3.27. The summed E-state index contributed by atoms with van der Waals surface area (Å²) >= 11 is 1.87. The number of ether oxygens (including phenoxy) is 1. The Hall–Kier alpha value is -1.20. The topological polar surface area (TPSA) is 50.4 Å². The van der Waals surface area contributed by atoms with Crippen LogP contribution in [-0.2, 0) is 4.74 Å². The second-order valence-electron chi connectivity index (χ2n) is 5.31. The van der Waals surface area contributed by atoms with E-state index in [1.165, 1.54) is 10.5 Å². The fraction of sp³-hybridized carbons (Fsp3) is 0.533. The predicted octanol–water partition coefficient (Wildman–Crippen LogP) is 2.56. The van der Waals surface area contributed by atoms with Crippen LogP contribution in [0, 0.1) is 5.92 Å². The van der Waals surface area contributed by atoms with E-state index in [1.54, 1.807) is 0 Å². The Balaban J connectivity index is 1.54. The molecule has 1 aromatic rings. The maximum absolute atomic E-state index is 12.0. The average molecular weight is 292 g/mol. The largest absolute Gasteiger partial charge is 0.381 e. The summed E-state index contributed by atoms with van der Waals surface area (Å²) < 4.78 is 5.31. The monoisotopic (exact) mass is 292 g/mol. The molecule has 5 heteroatoms. The molecule has 20 heavy (non-hydrogen) atoms. The maximum Gasteiger partial charge on any atom is 0.315 e. The fourth-order valence-corrected chi connectivity index (χ4v) is 3.81. The summed E-state index contributed by atoms with van der Waals surface area (Å²) in [6, 6.07) is 8.39. The Kier molecular flexibility index (Phi) is 4.47. The molecule has 2 amide bonds. The first-order valence-electron chi connectivity index (χ1n) is 7.17. The highest BCUT2D eigenvalue weighted by molar-refractivity contribution is 7.99. The number of fused-ring (bicyclic) bond motifs is 1. The molecule has 1 fully saturated rings. The van der Waals surface area contributed by atoms with Crippen LogP contribution in [0.4, 0.5) is 4.79 Å². The first kappa shape index (κ1) is 13.8. The highest BCUT2D eigenvalue weighted by Gasteiger charge is 2.22. The first-order valence-corrected chi connectivity index (χ1v) is 8.15. The number of hydrogen-bond donors (Lipinski definition) is 2. The van der Waals surface area contributed by atoms with Crippen LogP contribution >= 0.6 is 11.8 Å². The van der Waals surface area contributed by atoms with Gasteiger partial charge in [-0.05, 0) is 24.5 Å². The van der Waals surface area contributed by atoms with Crippen LogP contribution in [0.5, 0.6) is 0 Å². The van der Waals surface area contributed by atoms with Crippen LogP contribution < -0.4 is 10.6 Å². The summed E-state index contributed by atoms with van der Waals surface area (Å²) in [6.45, 7) is 2.29. The lowest BCUT2D eigenvalue weighted by atomic mass is 10.0. The Labute approximate surface area is 123 Å². The van der Waals surface area contributed by atoms with Crippen molar-refractivity contribution in [3.8, 4) is 0 Å². The SMILES string of the molecule is O=C(NC[C@H]1CCOC1)N[C@@H]1CCSc2ccccc21. The van der Waals surface area contributed by atoms with Crippen molar-refractivity contribution in [2.24, 2.45) is 5.92 Å². The van der Waals surface area contributed by atoms with Crippen LogP contribution in [0.2, 0.25) is 0 Å². The van der Waals surface area contributed by atoms with Crippen LogP contribution in [0.1, 0.15) is 24.4 Å². The van der Waals surface area contributed by atoms with E-state index >= 15 is 0 Å². The number of amides is 2. The number of benzene rings is 1. The van der Waals surface area contributed by atoms with Crippen molar-refractivity contribution in [1.82, 2.24) is 10.6 Å². The van der Waals surface area contributed by atoms with Gasteiger partial charge < -0.3 is 15.4 Å². The van der Waals surface area contributed by atoms with E-state index in [2.05, 4.69) is 22.8 Å². The molecule has 4 nitrogen and oxygen atoms in total. The molecule has 2 aliphatic heterocycles. The molecule has 108 valence electrons. The number of nitrogens with one attached hydrogen (secondary N) is 2. The molecule has 0 unspecified atom stereocenters. The average Bonchev–Trinajstić information content (AvgIpc) is 2.99. The van der Waals surface area contributed by atoms with Gasteiger partial charge in [-0.15, -0.1) is 11.8 Å². The molecule has 2 heterocycles. The molecule has 2 aliphatic rings. The summed E-state index contributed by atoms with van der Waals surface area (Å²) in [5.41, 5.74) is 1.24. The van der Waals surface area contributed by atoms with Gasteiger partial charge in [0.15, 0.2) is 0 Å². The Morgan fingerprint density at radius 1 is 1.35 bits per heavy atom. The minimum atomic E-state index is -0.0661. The fourth-order valence-electron chi connectivity index (χ4n) is 2.68. The molecule has 0 aromatic heterocycles. The minimum absolute atomic E-state index is 0.0661. The quantitative estimate of drug-likeness (QED) is 0.900. The normalized spacial score (nSPS) is 25.0. The number of carbonyl (C=O) groups excluding carboxylic acids is 1. The van der Waals surface area contributed by atoms with E-state index < -0.39 is 0 Å². The maximum atomic E-state index is 12.0. The van der Waals surface area contributed by atoms with Gasteiger partial charge in [-0.25, -0.2) is 4.79 Å². The number of carbonyl (C=O) groups is 1. The van der Waals surface area contributed by atoms with Gasteiger partial charge in [0.2, 0.25) is 0 Å². The minimum Gasteiger partial charge on any atom is -0.381 e. The van der Waals surface area contributed by atoms with E-state index in [0.717, 1.165) is 31.8 Å². The molecule has 0 saturated carbocycles. The van der Waals surface area contributed by atoms with Gasteiger partial charge in [0, 0.05) is 29.7 Å². The van der Waals surface area contributed by atoms with Crippen molar-refractivity contribution in [2.45, 2.75) is 23.8 Å². The first-order chi connectivity index (χ1) is 9.83. The van der Waals surface area contributed by atoms with Crippen molar-refractivity contribution >= 4 is 17.8 Å². The molecule has 1 aromatic carbocycles. The summed E-state index contributed by atoms with van der Waals surface area (Å²) in [7, 11) is 0. The highest BCUT2D eigenvalue weighted by Crippen LogP contribution is 2.35. The predicted molar refractivity (Wildman–Crippen MR) is 80.0 cm³/mol. The summed E-state index contributed by atoms with van der Waals surface area (Å²) in [5.74, 6) is 1.52. The van der Waals surface area contributed by atoms with Gasteiger partial charge in [0.25, 0.3) is 0 Å². The van der Waals surface area contributed by atoms with Crippen molar-refractivity contribution in [3.63, 3.8) is 0 Å². The highest BCUT2D eigenvalue weighted by atomic mass is 32.2. The van der Waals surface area contributed by atoms with Gasteiger partial charge in [0.1, 0.15) is 0 Å². The molecule has 0 radical (unpaired) electrons. The van der Waals surface area contributed by atoms with Crippen molar-refractivity contribution in [1.29, 1.82) is 0 Å². The lowest BCUT2D eigenvalue weighted by molar-refractivity contribution is 0.185. The van der Waals surface area contributed by atoms with E-state index in [4.69, 9.17) is 4.74 Å². The zero-order chi connectivity index (χ0) is 13.8. The van der Waals surface area contributed by atoms with Crippen LogP contribution in [0.25, 0.3) is 0 Å². The van der Waals surface area contributed by atoms with Crippen molar-refractivity contribution < 1.29 is 9.53 Å². The van der Waals surface area contributed by atoms with Gasteiger partial charge in [0.05, 0.1) is 12.6 Å². The molecule has 1 saturated heterocycles. The van der Waals surface area contributed by atoms with Gasteiger partial charge in [-0.3, -0.25) is 0 Å². The molecule has 0 spiro atoms. The molecular weight excluding hydrogens is 272 g/mol. The second-order valence-corrected chi connectivity index (χ2v) is 6.45. The Morgan fingerprint density at radius 3 is 3.10 bits per heavy atom. The number of urea groups is 1. The van der Waals surface area contributed by atoms with Crippen molar-refractivity contribution in [2.75, 3.05) is 25.5 Å². The van der Waals surface area contributed by atoms with Gasteiger partial charge >= 0.3 is 6.03 Å². The zero-order valence-corrected chi connectivity index (χ0v) is 12.2. The Bertz CT molecular complexity index is 475. The molecule has 2 atom stereocenters. The van der Waals surface area contributed by atoms with Crippen LogP contribution in [-0.4, -0.2) is 31.5 Å². The number of rotatable bonds is 3. The molecule has 2 N–H and O–H groups in total. The lowest BCUT2D eigenvalue weighted by Crippen LogP contribution is -2.41. The molecule has 0 bridgehead atoms. The standard InChI is InChI=1S/C15H20N2O2S/c18-15(16-9-11-5-7-19-10-11)17-13-6-8-20-14-4-2-1-3-12(13)14/h1-4,11,13H,5-10H2,(H2,16,17,18)/t11-,13-/m1/s1. The van der Waals surface area contributed by atoms with E-state index in [1.807, 2.05) is 23.9 Å². The summed E-state index contributed by atoms with van der Waals surface area (Å²) in [5, 5.41) is 6.06. The van der Waals surface area contributed by atoms with E-state index in [0.29, 0.717) is 12.5 Å². The van der Waals surface area contributed by atoms with Gasteiger partial charge in [-0.1, -0.05) is 18.2 Å². The van der Waals surface area contributed by atoms with Crippen molar-refractivity contribution in [3.05, 3.63) is 29.8 Å².